The highest BCUT2D eigenvalue weighted by Crippen LogP contribution is 2.33. The van der Waals surface area contributed by atoms with E-state index in [4.69, 9.17) is 0 Å². The van der Waals surface area contributed by atoms with Gasteiger partial charge in [-0.05, 0) is 46.7 Å². The normalized spacial score (nSPS) is 17.5. The van der Waals surface area contributed by atoms with Crippen molar-refractivity contribution in [3.63, 3.8) is 0 Å². The number of piperidine rings is 1. The van der Waals surface area contributed by atoms with Crippen LogP contribution in [0.3, 0.4) is 0 Å². The van der Waals surface area contributed by atoms with Crippen LogP contribution >= 0.6 is 0 Å². The topological polar surface area (TPSA) is 57.7 Å². The molecule has 2 aromatic rings. The molecule has 0 atom stereocenters. The smallest absolute Gasteiger partial charge is 0.0954 e. The zero-order chi connectivity index (χ0) is 14.8. The van der Waals surface area contributed by atoms with Crippen LogP contribution in [0.1, 0.15) is 44.0 Å². The van der Waals surface area contributed by atoms with Gasteiger partial charge in [0.2, 0.25) is 0 Å². The van der Waals surface area contributed by atoms with Crippen LogP contribution in [-0.4, -0.2) is 44.2 Å². The van der Waals surface area contributed by atoms with Crippen LogP contribution < -0.4 is 0 Å². The minimum absolute atomic E-state index is 0.498. The maximum Gasteiger partial charge on any atom is 0.0954 e. The Kier molecular flexibility index (Phi) is 4.01. The summed E-state index contributed by atoms with van der Waals surface area (Å²) in [4.78, 5) is 11.8. The zero-order valence-corrected chi connectivity index (χ0v) is 13.0. The van der Waals surface area contributed by atoms with Gasteiger partial charge >= 0.3 is 0 Å². The second-order valence-corrected chi connectivity index (χ2v) is 6.10. The predicted molar refractivity (Wildman–Crippen MR) is 83.0 cm³/mol. The summed E-state index contributed by atoms with van der Waals surface area (Å²) < 4.78 is 0. The van der Waals surface area contributed by atoms with Gasteiger partial charge in [0.15, 0.2) is 0 Å². The van der Waals surface area contributed by atoms with E-state index in [-0.39, 0.29) is 0 Å². The molecule has 112 valence electrons. The third-order valence-electron chi connectivity index (χ3n) is 4.46. The monoisotopic (exact) mass is 285 g/mol. The summed E-state index contributed by atoms with van der Waals surface area (Å²) in [6, 6.07) is 0.628. The minimum atomic E-state index is 0.498. The molecule has 5 heteroatoms. The number of aromatic nitrogens is 4. The van der Waals surface area contributed by atoms with Crippen molar-refractivity contribution in [3.8, 4) is 11.3 Å². The van der Waals surface area contributed by atoms with Gasteiger partial charge in [-0.1, -0.05) is 0 Å². The molecule has 1 aliphatic rings. The van der Waals surface area contributed by atoms with E-state index < -0.39 is 0 Å². The highest BCUT2D eigenvalue weighted by molar-refractivity contribution is 5.63. The Balaban J connectivity index is 1.86. The quantitative estimate of drug-likeness (QED) is 0.942. The Morgan fingerprint density at radius 1 is 1.19 bits per heavy atom. The predicted octanol–water partition coefficient (Wildman–Crippen LogP) is 2.76. The van der Waals surface area contributed by atoms with E-state index >= 15 is 0 Å². The summed E-state index contributed by atoms with van der Waals surface area (Å²) in [7, 11) is 0. The van der Waals surface area contributed by atoms with E-state index in [1.54, 1.807) is 6.20 Å². The Hall–Kier alpha value is -1.75. The molecule has 0 saturated carbocycles. The summed E-state index contributed by atoms with van der Waals surface area (Å²) in [5, 5.41) is 7.11. The van der Waals surface area contributed by atoms with Crippen LogP contribution in [0.25, 0.3) is 11.3 Å². The van der Waals surface area contributed by atoms with E-state index in [1.165, 1.54) is 0 Å². The highest BCUT2D eigenvalue weighted by Gasteiger charge is 2.26. The highest BCUT2D eigenvalue weighted by atomic mass is 15.1. The van der Waals surface area contributed by atoms with Crippen molar-refractivity contribution < 1.29 is 0 Å². The van der Waals surface area contributed by atoms with Crippen molar-refractivity contribution in [3.05, 3.63) is 30.0 Å². The molecule has 0 aromatic carbocycles. The van der Waals surface area contributed by atoms with Gasteiger partial charge in [-0.15, -0.1) is 0 Å². The summed E-state index contributed by atoms with van der Waals surface area (Å²) in [6.07, 6.45) is 7.74. The molecular weight excluding hydrogens is 262 g/mol. The van der Waals surface area contributed by atoms with E-state index in [1.807, 2.05) is 19.3 Å². The number of nitrogens with one attached hydrogen (secondary N) is 1. The van der Waals surface area contributed by atoms with Gasteiger partial charge in [0.05, 0.1) is 17.6 Å². The van der Waals surface area contributed by atoms with E-state index in [0.29, 0.717) is 12.0 Å². The molecule has 0 spiro atoms. The number of rotatable bonds is 3. The molecule has 5 nitrogen and oxygen atoms in total. The van der Waals surface area contributed by atoms with Gasteiger partial charge in [-0.3, -0.25) is 15.1 Å². The third-order valence-corrected chi connectivity index (χ3v) is 4.46. The largest absolute Gasteiger partial charge is 0.301 e. The molecule has 0 radical (unpaired) electrons. The first-order valence-corrected chi connectivity index (χ1v) is 7.72. The number of hydrogen-bond acceptors (Lipinski definition) is 4. The average Bonchev–Trinajstić information content (AvgIpc) is 2.93. The van der Waals surface area contributed by atoms with Crippen molar-refractivity contribution in [1.82, 2.24) is 25.1 Å². The Morgan fingerprint density at radius 3 is 2.52 bits per heavy atom. The molecule has 0 unspecified atom stereocenters. The fourth-order valence-electron chi connectivity index (χ4n) is 3.13. The SMILES string of the molecule is Cc1[nH]ncc1-c1nccnc1C1CCN(C(C)C)CC1. The van der Waals surface area contributed by atoms with Crippen LogP contribution in [-0.2, 0) is 0 Å². The summed E-state index contributed by atoms with van der Waals surface area (Å²) >= 11 is 0. The molecule has 1 fully saturated rings. The number of likely N-dealkylation sites (tertiary alicyclic amines) is 1. The standard InChI is InChI=1S/C16H23N5/c1-11(2)21-8-4-13(5-9-21)15-16(18-7-6-17-15)14-10-19-20-12(14)3/h6-7,10-11,13H,4-5,8-9H2,1-3H3,(H,19,20). The van der Waals surface area contributed by atoms with Crippen LogP contribution in [0, 0.1) is 6.92 Å². The lowest BCUT2D eigenvalue weighted by molar-refractivity contribution is 0.171. The van der Waals surface area contributed by atoms with Gasteiger partial charge < -0.3 is 4.90 Å². The molecule has 3 rings (SSSR count). The molecular formula is C16H23N5. The van der Waals surface area contributed by atoms with E-state index in [0.717, 1.165) is 48.6 Å². The molecule has 0 bridgehead atoms. The third kappa shape index (κ3) is 2.83. The van der Waals surface area contributed by atoms with E-state index in [9.17, 15) is 0 Å². The molecule has 3 heterocycles. The van der Waals surface area contributed by atoms with Crippen molar-refractivity contribution in [2.45, 2.75) is 45.6 Å². The van der Waals surface area contributed by atoms with Crippen molar-refractivity contribution >= 4 is 0 Å². The second kappa shape index (κ2) is 5.93. The Morgan fingerprint density at radius 2 is 1.90 bits per heavy atom. The average molecular weight is 285 g/mol. The van der Waals surface area contributed by atoms with Gasteiger partial charge in [-0.2, -0.15) is 5.10 Å². The summed E-state index contributed by atoms with van der Waals surface area (Å²) in [6.45, 7) is 8.85. The van der Waals surface area contributed by atoms with Gasteiger partial charge in [0, 0.05) is 35.6 Å². The lowest BCUT2D eigenvalue weighted by Crippen LogP contribution is -2.38. The van der Waals surface area contributed by atoms with Crippen LogP contribution in [0.2, 0.25) is 0 Å². The summed E-state index contributed by atoms with van der Waals surface area (Å²) in [5.74, 6) is 0.498. The zero-order valence-electron chi connectivity index (χ0n) is 13.0. The van der Waals surface area contributed by atoms with Crippen molar-refractivity contribution in [1.29, 1.82) is 0 Å². The molecule has 1 N–H and O–H groups in total. The number of hydrogen-bond donors (Lipinski definition) is 1. The number of nitrogens with zero attached hydrogens (tertiary/aromatic N) is 4. The lowest BCUT2D eigenvalue weighted by atomic mass is 9.90. The Labute approximate surface area is 125 Å². The lowest BCUT2D eigenvalue weighted by Gasteiger charge is -2.34. The van der Waals surface area contributed by atoms with Crippen molar-refractivity contribution in [2.24, 2.45) is 0 Å². The first kappa shape index (κ1) is 14.2. The molecule has 21 heavy (non-hydrogen) atoms. The maximum atomic E-state index is 4.65. The summed E-state index contributed by atoms with van der Waals surface area (Å²) in [5.41, 5.74) is 4.25. The number of aromatic amines is 1. The van der Waals surface area contributed by atoms with Crippen LogP contribution in [0.4, 0.5) is 0 Å². The van der Waals surface area contributed by atoms with E-state index in [2.05, 4.69) is 38.9 Å². The van der Waals surface area contributed by atoms with Gasteiger partial charge in [0.25, 0.3) is 0 Å². The molecule has 1 aliphatic heterocycles. The number of aryl methyl sites for hydroxylation is 1. The molecule has 0 amide bonds. The first-order chi connectivity index (χ1) is 10.2. The fourth-order valence-corrected chi connectivity index (χ4v) is 3.13. The number of H-pyrrole nitrogens is 1. The Bertz CT molecular complexity index is 596. The van der Waals surface area contributed by atoms with Gasteiger partial charge in [0.1, 0.15) is 0 Å². The van der Waals surface area contributed by atoms with Crippen LogP contribution in [0.15, 0.2) is 18.6 Å². The maximum absolute atomic E-state index is 4.65. The fraction of sp³-hybridized carbons (Fsp3) is 0.562. The minimum Gasteiger partial charge on any atom is -0.301 e. The molecule has 1 saturated heterocycles. The molecule has 2 aromatic heterocycles. The first-order valence-electron chi connectivity index (χ1n) is 7.72. The van der Waals surface area contributed by atoms with Crippen molar-refractivity contribution in [2.75, 3.05) is 13.1 Å². The second-order valence-electron chi connectivity index (χ2n) is 6.10. The molecule has 0 aliphatic carbocycles. The van der Waals surface area contributed by atoms with Crippen LogP contribution in [0.5, 0.6) is 0 Å². The van der Waals surface area contributed by atoms with Gasteiger partial charge in [-0.25, -0.2) is 0 Å².